The lowest BCUT2D eigenvalue weighted by atomic mass is 9.78. The number of hydrogen-bond donors (Lipinski definition) is 2. The van der Waals surface area contributed by atoms with Gasteiger partial charge in [-0.1, -0.05) is 24.4 Å². The van der Waals surface area contributed by atoms with Gasteiger partial charge in [-0.3, -0.25) is 14.9 Å². The van der Waals surface area contributed by atoms with Crippen LogP contribution in [0, 0.1) is 22.0 Å². The van der Waals surface area contributed by atoms with Crippen molar-refractivity contribution in [3.63, 3.8) is 0 Å². The second-order valence-corrected chi connectivity index (χ2v) is 5.70. The zero-order valence-corrected chi connectivity index (χ0v) is 12.3. The van der Waals surface area contributed by atoms with Crippen LogP contribution in [0.3, 0.4) is 0 Å². The van der Waals surface area contributed by atoms with Crippen molar-refractivity contribution in [1.82, 2.24) is 0 Å². The molecule has 1 aromatic rings. The summed E-state index contributed by atoms with van der Waals surface area (Å²) < 4.78 is 0. The average Bonchev–Trinajstić information content (AvgIpc) is 2.49. The molecule has 0 aromatic heterocycles. The van der Waals surface area contributed by atoms with Gasteiger partial charge in [-0.25, -0.2) is 0 Å². The molecule has 1 fully saturated rings. The molecule has 0 bridgehead atoms. The van der Waals surface area contributed by atoms with Crippen molar-refractivity contribution in [2.45, 2.75) is 25.7 Å². The first-order valence-corrected chi connectivity index (χ1v) is 7.35. The van der Waals surface area contributed by atoms with E-state index in [1.165, 1.54) is 18.2 Å². The molecule has 6 nitrogen and oxygen atoms in total. The van der Waals surface area contributed by atoms with Crippen LogP contribution in [0.1, 0.15) is 25.7 Å². The molecule has 0 spiro atoms. The van der Waals surface area contributed by atoms with Gasteiger partial charge in [0.2, 0.25) is 5.91 Å². The number of nitrogens with two attached hydrogens (primary N) is 1. The highest BCUT2D eigenvalue weighted by atomic mass is 35.5. The summed E-state index contributed by atoms with van der Waals surface area (Å²) in [7, 11) is 0. The second-order valence-electron chi connectivity index (χ2n) is 5.30. The van der Waals surface area contributed by atoms with E-state index in [1.54, 1.807) is 0 Å². The summed E-state index contributed by atoms with van der Waals surface area (Å²) in [6, 6.07) is 4.00. The van der Waals surface area contributed by atoms with Gasteiger partial charge in [-0.05, 0) is 31.4 Å². The summed E-state index contributed by atoms with van der Waals surface area (Å²) >= 11 is 5.99. The number of nitro groups is 1. The molecule has 0 aliphatic heterocycles. The molecule has 2 unspecified atom stereocenters. The first kappa shape index (κ1) is 15.7. The Hall–Kier alpha value is -1.66. The number of carbonyl (C=O) groups excluding carboxylic acids is 1. The van der Waals surface area contributed by atoms with E-state index in [0.717, 1.165) is 25.7 Å². The summed E-state index contributed by atoms with van der Waals surface area (Å²) in [6.07, 6.45) is 3.82. The van der Waals surface area contributed by atoms with Gasteiger partial charge in [0.1, 0.15) is 0 Å². The van der Waals surface area contributed by atoms with Gasteiger partial charge in [0.15, 0.2) is 0 Å². The summed E-state index contributed by atoms with van der Waals surface area (Å²) in [4.78, 5) is 22.6. The van der Waals surface area contributed by atoms with Crippen LogP contribution >= 0.6 is 11.6 Å². The van der Waals surface area contributed by atoms with E-state index in [4.69, 9.17) is 17.3 Å². The minimum atomic E-state index is -0.519. The molecule has 0 heterocycles. The van der Waals surface area contributed by atoms with E-state index >= 15 is 0 Å². The molecular weight excluding hydrogens is 294 g/mol. The average molecular weight is 312 g/mol. The van der Waals surface area contributed by atoms with Crippen molar-refractivity contribution in [3.8, 4) is 0 Å². The highest BCUT2D eigenvalue weighted by Gasteiger charge is 2.30. The predicted molar refractivity (Wildman–Crippen MR) is 81.2 cm³/mol. The van der Waals surface area contributed by atoms with Gasteiger partial charge in [0.05, 0.1) is 15.6 Å². The zero-order chi connectivity index (χ0) is 15.4. The molecule has 1 aromatic carbocycles. The van der Waals surface area contributed by atoms with Crippen LogP contribution in [0.5, 0.6) is 0 Å². The lowest BCUT2D eigenvalue weighted by molar-refractivity contribution is -0.384. The Balaban J connectivity index is 2.15. The molecule has 1 amide bonds. The number of non-ortho nitro benzene ring substituents is 1. The zero-order valence-electron chi connectivity index (χ0n) is 11.5. The van der Waals surface area contributed by atoms with E-state index in [9.17, 15) is 14.9 Å². The van der Waals surface area contributed by atoms with Crippen molar-refractivity contribution in [2.24, 2.45) is 17.6 Å². The maximum atomic E-state index is 12.4. The monoisotopic (exact) mass is 311 g/mol. The van der Waals surface area contributed by atoms with E-state index in [2.05, 4.69) is 5.32 Å². The largest absolute Gasteiger partial charge is 0.330 e. The number of anilines is 1. The number of halogens is 1. The molecule has 2 atom stereocenters. The fourth-order valence-electron chi connectivity index (χ4n) is 2.78. The SMILES string of the molecule is NCC1CCCCC1C(=O)Nc1cc([N+](=O)[O-])ccc1Cl. The Morgan fingerprint density at radius 2 is 2.14 bits per heavy atom. The molecule has 2 rings (SSSR count). The Labute approximate surface area is 127 Å². The van der Waals surface area contributed by atoms with Gasteiger partial charge < -0.3 is 11.1 Å². The Morgan fingerprint density at radius 3 is 2.81 bits per heavy atom. The van der Waals surface area contributed by atoms with Gasteiger partial charge in [0, 0.05) is 18.1 Å². The summed E-state index contributed by atoms with van der Waals surface area (Å²) in [5.74, 6) is -0.150. The summed E-state index contributed by atoms with van der Waals surface area (Å²) in [6.45, 7) is 0.473. The molecular formula is C14H18ClN3O3. The fraction of sp³-hybridized carbons (Fsp3) is 0.500. The van der Waals surface area contributed by atoms with Gasteiger partial charge in [0.25, 0.3) is 5.69 Å². The van der Waals surface area contributed by atoms with Crippen molar-refractivity contribution in [1.29, 1.82) is 0 Å². The Kier molecular flexibility index (Phi) is 5.14. The number of nitrogens with one attached hydrogen (secondary N) is 1. The van der Waals surface area contributed by atoms with E-state index < -0.39 is 4.92 Å². The standard InChI is InChI=1S/C14H18ClN3O3/c15-12-6-5-10(18(20)21)7-13(12)17-14(19)11-4-2-1-3-9(11)8-16/h5-7,9,11H,1-4,8,16H2,(H,17,19). The number of carbonyl (C=O) groups is 1. The molecule has 3 N–H and O–H groups in total. The van der Waals surface area contributed by atoms with E-state index in [-0.39, 0.29) is 34.1 Å². The fourth-order valence-corrected chi connectivity index (χ4v) is 2.95. The lowest BCUT2D eigenvalue weighted by Gasteiger charge is -2.29. The smallest absolute Gasteiger partial charge is 0.271 e. The van der Waals surface area contributed by atoms with E-state index in [1.807, 2.05) is 0 Å². The quantitative estimate of drug-likeness (QED) is 0.659. The number of nitro benzene ring substituents is 1. The van der Waals surface area contributed by atoms with Crippen LogP contribution in [0.15, 0.2) is 18.2 Å². The molecule has 1 saturated carbocycles. The Bertz CT molecular complexity index is 550. The number of nitrogens with zero attached hydrogens (tertiary/aromatic N) is 1. The third kappa shape index (κ3) is 3.71. The van der Waals surface area contributed by atoms with Crippen LogP contribution in [-0.2, 0) is 4.79 Å². The maximum Gasteiger partial charge on any atom is 0.271 e. The number of amides is 1. The lowest BCUT2D eigenvalue weighted by Crippen LogP contribution is -2.35. The first-order valence-electron chi connectivity index (χ1n) is 6.97. The number of benzene rings is 1. The van der Waals surface area contributed by atoms with Crippen molar-refractivity contribution in [2.75, 3.05) is 11.9 Å². The minimum Gasteiger partial charge on any atom is -0.330 e. The Morgan fingerprint density at radius 1 is 1.43 bits per heavy atom. The molecule has 21 heavy (non-hydrogen) atoms. The number of rotatable bonds is 4. The van der Waals surface area contributed by atoms with Crippen LogP contribution in [0.25, 0.3) is 0 Å². The maximum absolute atomic E-state index is 12.4. The first-order chi connectivity index (χ1) is 10.0. The van der Waals surface area contributed by atoms with Gasteiger partial charge in [-0.15, -0.1) is 0 Å². The number of hydrogen-bond acceptors (Lipinski definition) is 4. The van der Waals surface area contributed by atoms with E-state index in [0.29, 0.717) is 6.54 Å². The normalized spacial score (nSPS) is 21.8. The van der Waals surface area contributed by atoms with Crippen LogP contribution < -0.4 is 11.1 Å². The minimum absolute atomic E-state index is 0.103. The van der Waals surface area contributed by atoms with Gasteiger partial charge >= 0.3 is 0 Å². The molecule has 114 valence electrons. The molecule has 0 radical (unpaired) electrons. The van der Waals surface area contributed by atoms with Crippen LogP contribution in [-0.4, -0.2) is 17.4 Å². The molecule has 7 heteroatoms. The highest BCUT2D eigenvalue weighted by Crippen LogP contribution is 2.32. The van der Waals surface area contributed by atoms with Crippen LogP contribution in [0.4, 0.5) is 11.4 Å². The van der Waals surface area contributed by atoms with Gasteiger partial charge in [-0.2, -0.15) is 0 Å². The second kappa shape index (κ2) is 6.87. The van der Waals surface area contributed by atoms with Crippen molar-refractivity contribution < 1.29 is 9.72 Å². The topological polar surface area (TPSA) is 98.3 Å². The predicted octanol–water partition coefficient (Wildman–Crippen LogP) is 2.95. The molecule has 1 aliphatic rings. The summed E-state index contributed by atoms with van der Waals surface area (Å²) in [5.41, 5.74) is 5.90. The van der Waals surface area contributed by atoms with Crippen LogP contribution in [0.2, 0.25) is 5.02 Å². The van der Waals surface area contributed by atoms with Crippen molar-refractivity contribution >= 4 is 28.9 Å². The molecule has 0 saturated heterocycles. The van der Waals surface area contributed by atoms with Crippen molar-refractivity contribution in [3.05, 3.63) is 33.3 Å². The molecule has 1 aliphatic carbocycles. The highest BCUT2D eigenvalue weighted by molar-refractivity contribution is 6.33. The third-order valence-corrected chi connectivity index (χ3v) is 4.30. The third-order valence-electron chi connectivity index (χ3n) is 3.97. The summed E-state index contributed by atoms with van der Waals surface area (Å²) in [5, 5.41) is 13.8.